The lowest BCUT2D eigenvalue weighted by Gasteiger charge is -2.38. The summed E-state index contributed by atoms with van der Waals surface area (Å²) in [7, 11) is 1.69. The number of rotatable bonds is 7. The number of likely N-dealkylation sites (tertiary alicyclic amines) is 1. The van der Waals surface area contributed by atoms with Crippen molar-refractivity contribution in [1.82, 2.24) is 15.1 Å². The number of hydrogen-bond donors (Lipinski definition) is 2. The first-order valence-corrected chi connectivity index (χ1v) is 12.9. The molecule has 38 heavy (non-hydrogen) atoms. The maximum Gasteiger partial charge on any atom is 0.416 e. The number of ether oxygens (including phenoxy) is 2. The summed E-state index contributed by atoms with van der Waals surface area (Å²) < 4.78 is 50.5. The fourth-order valence-corrected chi connectivity index (χ4v) is 5.36. The van der Waals surface area contributed by atoms with Crippen LogP contribution < -0.4 is 11.1 Å². The average Bonchev–Trinajstić information content (AvgIpc) is 3.34. The predicted molar refractivity (Wildman–Crippen MR) is 138 cm³/mol. The molecule has 2 saturated heterocycles. The normalized spacial score (nSPS) is 23.5. The highest BCUT2D eigenvalue weighted by Gasteiger charge is 2.34. The molecule has 0 radical (unpaired) electrons. The van der Waals surface area contributed by atoms with Gasteiger partial charge in [0.15, 0.2) is 0 Å². The van der Waals surface area contributed by atoms with Crippen LogP contribution in [0.4, 0.5) is 13.2 Å². The third-order valence-electron chi connectivity index (χ3n) is 7.67. The third-order valence-corrected chi connectivity index (χ3v) is 7.67. The van der Waals surface area contributed by atoms with E-state index in [0.717, 1.165) is 37.2 Å². The Morgan fingerprint density at radius 2 is 1.92 bits per heavy atom. The van der Waals surface area contributed by atoms with Crippen LogP contribution in [0.15, 0.2) is 46.7 Å². The van der Waals surface area contributed by atoms with Gasteiger partial charge in [-0.05, 0) is 49.4 Å². The van der Waals surface area contributed by atoms with Crippen molar-refractivity contribution in [3.63, 3.8) is 0 Å². The molecule has 0 aromatic heterocycles. The summed E-state index contributed by atoms with van der Waals surface area (Å²) >= 11 is 0. The van der Waals surface area contributed by atoms with E-state index in [2.05, 4.69) is 16.9 Å². The van der Waals surface area contributed by atoms with Gasteiger partial charge in [-0.3, -0.25) is 4.79 Å². The molecule has 0 bridgehead atoms. The fourth-order valence-electron chi connectivity index (χ4n) is 5.36. The lowest BCUT2D eigenvalue weighted by atomic mass is 9.99. The van der Waals surface area contributed by atoms with E-state index >= 15 is 0 Å². The third kappa shape index (κ3) is 6.22. The average molecular weight is 536 g/mol. The number of methoxy groups -OCH3 is 1. The first-order valence-electron chi connectivity index (χ1n) is 12.9. The maximum atomic E-state index is 13.5. The molecule has 3 aliphatic heterocycles. The molecule has 8 nitrogen and oxygen atoms in total. The van der Waals surface area contributed by atoms with Crippen LogP contribution in [0.2, 0.25) is 0 Å². The number of alkyl halides is 3. The molecule has 3 N–H and O–H groups in total. The Labute approximate surface area is 221 Å². The molecule has 3 aliphatic rings. The van der Waals surface area contributed by atoms with Crippen LogP contribution >= 0.6 is 0 Å². The van der Waals surface area contributed by atoms with Gasteiger partial charge in [0.05, 0.1) is 24.6 Å². The highest BCUT2D eigenvalue weighted by atomic mass is 19.4. The van der Waals surface area contributed by atoms with Gasteiger partial charge in [-0.2, -0.15) is 13.2 Å². The molecule has 3 heterocycles. The number of aliphatic imine (C=N–C) groups is 1. The molecule has 1 aromatic rings. The second kappa shape index (κ2) is 11.9. The van der Waals surface area contributed by atoms with Crippen molar-refractivity contribution in [1.29, 1.82) is 0 Å². The van der Waals surface area contributed by atoms with Crippen LogP contribution in [-0.4, -0.2) is 73.6 Å². The van der Waals surface area contributed by atoms with Gasteiger partial charge in [-0.15, -0.1) is 0 Å². The number of nitrogens with one attached hydrogen (secondary N) is 1. The number of allylic oxidation sites excluding steroid dienone is 1. The second-order valence-corrected chi connectivity index (χ2v) is 10.0. The van der Waals surface area contributed by atoms with Crippen LogP contribution in [-0.2, 0) is 33.5 Å². The highest BCUT2D eigenvalue weighted by Crippen LogP contribution is 2.35. The minimum Gasteiger partial charge on any atom is -0.390 e. The van der Waals surface area contributed by atoms with Gasteiger partial charge in [-0.1, -0.05) is 12.6 Å². The molecule has 0 aliphatic carbocycles. The van der Waals surface area contributed by atoms with Crippen LogP contribution in [0.3, 0.4) is 0 Å². The zero-order valence-corrected chi connectivity index (χ0v) is 21.9. The van der Waals surface area contributed by atoms with Gasteiger partial charge in [0.2, 0.25) is 0 Å². The van der Waals surface area contributed by atoms with Crippen LogP contribution in [0.5, 0.6) is 0 Å². The number of nitrogens with zero attached hydrogens (tertiary/aromatic N) is 3. The van der Waals surface area contributed by atoms with Gasteiger partial charge in [0, 0.05) is 63.2 Å². The lowest BCUT2D eigenvalue weighted by Crippen LogP contribution is -2.54. The lowest BCUT2D eigenvalue weighted by molar-refractivity contribution is -0.137. The van der Waals surface area contributed by atoms with Gasteiger partial charge in [0.1, 0.15) is 5.70 Å². The van der Waals surface area contributed by atoms with E-state index < -0.39 is 11.7 Å². The number of benzene rings is 1. The first kappa shape index (κ1) is 28.1. The summed E-state index contributed by atoms with van der Waals surface area (Å²) in [6.07, 6.45) is -0.825. The Morgan fingerprint density at radius 3 is 2.58 bits per heavy atom. The SMILES string of the molecule is C=C(/C(C)=C(\N=C/N)C(=O)N1CCC(NC2CCOCC2OC)CC1)N1Cc2ccc(C(F)(F)F)cc2C1. The van der Waals surface area contributed by atoms with Gasteiger partial charge < -0.3 is 30.3 Å². The summed E-state index contributed by atoms with van der Waals surface area (Å²) in [6, 6.07) is 4.27. The molecule has 1 amide bonds. The fraction of sp³-hybridized carbons (Fsp3) is 0.556. The summed E-state index contributed by atoms with van der Waals surface area (Å²) in [4.78, 5) is 21.3. The number of fused-ring (bicyclic) bond motifs is 1. The minimum absolute atomic E-state index is 0.0160. The Morgan fingerprint density at radius 1 is 1.21 bits per heavy atom. The van der Waals surface area contributed by atoms with Crippen LogP contribution in [0.25, 0.3) is 0 Å². The molecule has 0 spiro atoms. The number of nitrogens with two attached hydrogens (primary N) is 1. The van der Waals surface area contributed by atoms with E-state index in [0.29, 0.717) is 49.7 Å². The molecule has 2 atom stereocenters. The molecule has 0 saturated carbocycles. The van der Waals surface area contributed by atoms with E-state index in [4.69, 9.17) is 15.2 Å². The number of carbonyl (C=O) groups excluding carboxylic acids is 1. The van der Waals surface area contributed by atoms with Gasteiger partial charge in [-0.25, -0.2) is 4.99 Å². The summed E-state index contributed by atoms with van der Waals surface area (Å²) in [6.45, 7) is 8.98. The summed E-state index contributed by atoms with van der Waals surface area (Å²) in [5.41, 5.74) is 7.59. The summed E-state index contributed by atoms with van der Waals surface area (Å²) in [5.74, 6) is -0.235. The zero-order chi connectivity index (χ0) is 27.4. The molecule has 4 rings (SSSR count). The number of carbonyl (C=O) groups is 1. The molecule has 2 unspecified atom stereocenters. The Bertz CT molecular complexity index is 1100. The second-order valence-electron chi connectivity index (χ2n) is 10.0. The summed E-state index contributed by atoms with van der Waals surface area (Å²) in [5, 5.41) is 3.68. The Balaban J connectivity index is 1.40. The predicted octanol–water partition coefficient (Wildman–Crippen LogP) is 3.18. The number of amides is 1. The van der Waals surface area contributed by atoms with Crippen molar-refractivity contribution in [3.05, 3.63) is 58.4 Å². The first-order chi connectivity index (χ1) is 18.1. The van der Waals surface area contributed by atoms with Crippen molar-refractivity contribution in [2.45, 2.75) is 63.6 Å². The highest BCUT2D eigenvalue weighted by molar-refractivity contribution is 5.95. The number of halogens is 3. The smallest absolute Gasteiger partial charge is 0.390 e. The van der Waals surface area contributed by atoms with Crippen LogP contribution in [0, 0.1) is 0 Å². The molecular weight excluding hydrogens is 499 g/mol. The van der Waals surface area contributed by atoms with Crippen molar-refractivity contribution in [2.24, 2.45) is 10.7 Å². The largest absolute Gasteiger partial charge is 0.416 e. The van der Waals surface area contributed by atoms with E-state index in [1.165, 1.54) is 12.1 Å². The monoisotopic (exact) mass is 535 g/mol. The van der Waals surface area contributed by atoms with Crippen molar-refractivity contribution >= 4 is 12.2 Å². The van der Waals surface area contributed by atoms with Crippen molar-refractivity contribution in [2.75, 3.05) is 33.4 Å². The van der Waals surface area contributed by atoms with Gasteiger partial charge in [0.25, 0.3) is 5.91 Å². The van der Waals surface area contributed by atoms with Gasteiger partial charge >= 0.3 is 6.18 Å². The van der Waals surface area contributed by atoms with E-state index in [1.807, 2.05) is 4.90 Å². The molecule has 208 valence electrons. The molecule has 1 aromatic carbocycles. The van der Waals surface area contributed by atoms with E-state index in [9.17, 15) is 18.0 Å². The maximum absolute atomic E-state index is 13.5. The molecule has 11 heteroatoms. The molecule has 2 fully saturated rings. The minimum atomic E-state index is -4.40. The number of piperidine rings is 1. The van der Waals surface area contributed by atoms with Crippen molar-refractivity contribution < 1.29 is 27.4 Å². The quantitative estimate of drug-likeness (QED) is 0.241. The van der Waals surface area contributed by atoms with E-state index in [1.54, 1.807) is 18.9 Å². The number of hydrogen-bond acceptors (Lipinski definition) is 6. The Hall–Kier alpha value is -2.89. The zero-order valence-electron chi connectivity index (χ0n) is 21.9. The topological polar surface area (TPSA) is 92.4 Å². The standard InChI is InChI=1S/C27H36F3N5O3/c1-17(18(2)35-13-19-4-5-21(27(28,29)30)12-20(19)14-35)25(32-16-31)26(36)34-9-6-22(7-10-34)33-23-8-11-38-15-24(23)37-3/h4-5,12,16,22-24,33H,2,6-11,13-15H2,1,3H3,(H2,31,32)/b25-17-. The van der Waals surface area contributed by atoms with Crippen LogP contribution in [0.1, 0.15) is 42.9 Å². The molecular formula is C27H36F3N5O3. The van der Waals surface area contributed by atoms with Crippen molar-refractivity contribution in [3.8, 4) is 0 Å². The Kier molecular flexibility index (Phi) is 8.79. The van der Waals surface area contributed by atoms with E-state index in [-0.39, 0.29) is 36.3 Å².